The van der Waals surface area contributed by atoms with Crippen molar-refractivity contribution in [1.82, 2.24) is 0 Å². The molecule has 0 atom stereocenters. The zero-order valence-electron chi connectivity index (χ0n) is 53.1. The molecule has 0 fully saturated rings. The molecular weight excluding hydrogens is 1240 g/mol. The molecular formula is C56H129Br3O12Si5. The Morgan fingerprint density at radius 2 is 0.368 bits per heavy atom. The maximum Gasteiger partial charge on any atom is 0.500 e. The first-order valence-electron chi connectivity index (χ1n) is 30.7. The number of halogens is 3. The van der Waals surface area contributed by atoms with Crippen LogP contribution in [0.2, 0.25) is 30.2 Å². The van der Waals surface area contributed by atoms with Gasteiger partial charge in [0.05, 0.1) is 0 Å². The van der Waals surface area contributed by atoms with Crippen molar-refractivity contribution < 1.29 is 53.1 Å². The largest absolute Gasteiger partial charge is 0.500 e. The van der Waals surface area contributed by atoms with E-state index in [1.807, 2.05) is 41.5 Å². The Balaban J connectivity index is -0.000000281. The minimum Gasteiger partial charge on any atom is -0.377 e. The molecule has 0 unspecified atom stereocenters. The van der Waals surface area contributed by atoms with Gasteiger partial charge in [0.2, 0.25) is 0 Å². The quantitative estimate of drug-likeness (QED) is 0.0328. The SMILES string of the molecule is CCCCCCCCCC[Si](OC)(OC)OC.CCCCCCCCCC[Si](OCC)(OCC)OCC.CCCCCC[Si](Br)(Br)Br.CCCCCC[Si](OC)(OC)OC.CCCCCC[Si](OCC)(OCC)OCC. The van der Waals surface area contributed by atoms with E-state index in [0.29, 0.717) is 39.6 Å². The van der Waals surface area contributed by atoms with Crippen LogP contribution in [-0.2, 0) is 53.1 Å². The van der Waals surface area contributed by atoms with Crippen molar-refractivity contribution in [2.24, 2.45) is 0 Å². The van der Waals surface area contributed by atoms with E-state index in [2.05, 4.69) is 80.5 Å². The van der Waals surface area contributed by atoms with Crippen molar-refractivity contribution >= 4 is 85.0 Å². The molecule has 0 aromatic rings. The summed E-state index contributed by atoms with van der Waals surface area (Å²) in [5, 5.41) is 0. The van der Waals surface area contributed by atoms with Gasteiger partial charge in [0.15, 0.2) is 0 Å². The van der Waals surface area contributed by atoms with E-state index in [1.165, 1.54) is 167 Å². The van der Waals surface area contributed by atoms with Crippen LogP contribution in [0.25, 0.3) is 0 Å². The minimum absolute atomic E-state index is 0.681. The smallest absolute Gasteiger partial charge is 0.377 e. The number of rotatable bonds is 51. The fraction of sp³-hybridized carbons (Fsp3) is 1.00. The maximum absolute atomic E-state index is 5.86. The summed E-state index contributed by atoms with van der Waals surface area (Å²) >= 11 is 10.8. The van der Waals surface area contributed by atoms with Crippen LogP contribution in [0, 0.1) is 0 Å². The molecule has 0 bridgehead atoms. The van der Waals surface area contributed by atoms with E-state index in [-0.39, 0.29) is 0 Å². The molecule has 0 aliphatic rings. The van der Waals surface area contributed by atoms with Crippen LogP contribution >= 0.6 is 45.9 Å². The first-order chi connectivity index (χ1) is 36.5. The fourth-order valence-corrected chi connectivity index (χ4v) is 20.5. The number of hydrogen-bond acceptors (Lipinski definition) is 12. The second-order valence-electron chi connectivity index (χ2n) is 19.1. The third-order valence-corrected chi connectivity index (χ3v) is 29.2. The van der Waals surface area contributed by atoms with Gasteiger partial charge in [-0.25, -0.2) is 0 Å². The van der Waals surface area contributed by atoms with Gasteiger partial charge in [0.1, 0.15) is 0 Å². The van der Waals surface area contributed by atoms with E-state index in [4.69, 9.17) is 53.1 Å². The van der Waals surface area contributed by atoms with Gasteiger partial charge < -0.3 is 53.1 Å². The van der Waals surface area contributed by atoms with Crippen LogP contribution in [0.3, 0.4) is 0 Å². The van der Waals surface area contributed by atoms with Gasteiger partial charge in [-0.15, -0.1) is 0 Å². The summed E-state index contributed by atoms with van der Waals surface area (Å²) in [6.07, 6.45) is 36.5. The van der Waals surface area contributed by atoms with Crippen LogP contribution < -0.4 is 0 Å². The van der Waals surface area contributed by atoms with Crippen molar-refractivity contribution in [3.05, 3.63) is 0 Å². The molecule has 0 aromatic heterocycles. The Bertz CT molecular complexity index is 1040. The molecule has 0 aromatic carbocycles. The molecule has 0 aliphatic carbocycles. The van der Waals surface area contributed by atoms with Crippen LogP contribution in [0.15, 0.2) is 0 Å². The van der Waals surface area contributed by atoms with Gasteiger partial charge in [-0.3, -0.25) is 0 Å². The summed E-state index contributed by atoms with van der Waals surface area (Å²) < 4.78 is 65.8. The lowest BCUT2D eigenvalue weighted by molar-refractivity contribution is 0.0698. The molecule has 20 heteroatoms. The predicted octanol–water partition coefficient (Wildman–Crippen LogP) is 19.9. The fourth-order valence-electron chi connectivity index (χ4n) is 8.35. The summed E-state index contributed by atoms with van der Waals surface area (Å²) in [4.78, 5) is 0. The normalized spacial score (nSPS) is 12.0. The highest BCUT2D eigenvalue weighted by molar-refractivity contribution is 9.72. The third-order valence-electron chi connectivity index (χ3n) is 12.7. The molecule has 0 rings (SSSR count). The molecule has 0 radical (unpaired) electrons. The maximum atomic E-state index is 5.86. The van der Waals surface area contributed by atoms with Crippen LogP contribution in [0.1, 0.15) is 256 Å². The third kappa shape index (κ3) is 56.5. The molecule has 0 N–H and O–H groups in total. The topological polar surface area (TPSA) is 111 Å². The van der Waals surface area contributed by atoms with E-state index in [1.54, 1.807) is 42.7 Å². The summed E-state index contributed by atoms with van der Waals surface area (Å²) in [6, 6.07) is 5.06. The van der Waals surface area contributed by atoms with Crippen molar-refractivity contribution in [3.8, 4) is 0 Å². The Kier molecular flexibility index (Phi) is 73.8. The average Bonchev–Trinajstić information content (AvgIpc) is 3.41. The highest BCUT2D eigenvalue weighted by Crippen LogP contribution is 2.33. The Morgan fingerprint density at radius 3 is 0.539 bits per heavy atom. The Morgan fingerprint density at radius 1 is 0.211 bits per heavy atom. The van der Waals surface area contributed by atoms with Gasteiger partial charge in [-0.1, -0.05) is 235 Å². The van der Waals surface area contributed by atoms with Crippen molar-refractivity contribution in [2.75, 3.05) is 82.3 Å². The minimum atomic E-state index is -2.38. The molecule has 0 saturated heterocycles. The highest BCUT2D eigenvalue weighted by Gasteiger charge is 2.41. The molecule has 0 amide bonds. The summed E-state index contributed by atoms with van der Waals surface area (Å²) in [5.74, 6) is 0. The molecule has 76 heavy (non-hydrogen) atoms. The van der Waals surface area contributed by atoms with Crippen molar-refractivity contribution in [3.63, 3.8) is 0 Å². The van der Waals surface area contributed by atoms with Gasteiger partial charge in [0, 0.05) is 106 Å². The van der Waals surface area contributed by atoms with Crippen LogP contribution in [-0.4, -0.2) is 121 Å². The summed E-state index contributed by atoms with van der Waals surface area (Å²) in [7, 11) is 0.762. The summed E-state index contributed by atoms with van der Waals surface area (Å²) in [5.41, 5.74) is 0. The van der Waals surface area contributed by atoms with E-state index < -0.39 is 39.1 Å². The first kappa shape index (κ1) is 86.8. The van der Waals surface area contributed by atoms with E-state index >= 15 is 0 Å². The van der Waals surface area contributed by atoms with Crippen LogP contribution in [0.4, 0.5) is 0 Å². The highest BCUT2D eigenvalue weighted by atomic mass is 80.0. The predicted molar refractivity (Wildman–Crippen MR) is 349 cm³/mol. The standard InChI is InChI=1S/C16H36O3Si.C13H30O3Si.C12H28O3Si.C9H22O3Si.C6H13Br3Si/c1-5-9-10-11-12-13-14-15-16-20(17-6-2,18-7-3)19-8-4;1-5-6-7-8-9-10-11-12-13-17(14-2,15-3)16-4;1-5-9-10-11-12-16(13-6-2,14-7-3)15-8-4;1-5-6-7-8-9-13(10-2,11-3)12-4;1-2-3-4-5-6-10(7,8)9/h5-16H2,1-4H3;5-13H2,1-4H3;5-12H2,1-4H3;5-9H2,1-4H3;2-6H2,1H3. The second-order valence-corrected chi connectivity index (χ2v) is 54.2. The zero-order chi connectivity index (χ0) is 58.6. The van der Waals surface area contributed by atoms with Gasteiger partial charge >= 0.3 is 35.2 Å². The van der Waals surface area contributed by atoms with Gasteiger partial charge in [0.25, 0.3) is 3.93 Å². The zero-order valence-corrected chi connectivity index (χ0v) is 62.9. The molecule has 0 heterocycles. The molecule has 12 nitrogen and oxygen atoms in total. The van der Waals surface area contributed by atoms with E-state index in [0.717, 1.165) is 43.4 Å². The number of unbranched alkanes of at least 4 members (excludes halogenated alkanes) is 23. The average molecular weight is 1370 g/mol. The Hall–Kier alpha value is 2.04. The lowest BCUT2D eigenvalue weighted by atomic mass is 10.1. The van der Waals surface area contributed by atoms with Crippen molar-refractivity contribution in [1.29, 1.82) is 0 Å². The van der Waals surface area contributed by atoms with Crippen LogP contribution in [0.5, 0.6) is 0 Å². The number of hydrogen-bond donors (Lipinski definition) is 0. The molecule has 0 spiro atoms. The molecule has 466 valence electrons. The lowest BCUT2D eigenvalue weighted by Crippen LogP contribution is -2.45. The monoisotopic (exact) mass is 1370 g/mol. The van der Waals surface area contributed by atoms with Gasteiger partial charge in [-0.05, 0) is 73.3 Å². The molecule has 0 saturated carbocycles. The summed E-state index contributed by atoms with van der Waals surface area (Å²) in [6.45, 7) is 27.4. The van der Waals surface area contributed by atoms with Crippen molar-refractivity contribution in [2.45, 2.75) is 286 Å². The second kappa shape index (κ2) is 64.6. The van der Waals surface area contributed by atoms with E-state index in [9.17, 15) is 0 Å². The lowest BCUT2D eigenvalue weighted by Gasteiger charge is -2.28. The van der Waals surface area contributed by atoms with Gasteiger partial charge in [-0.2, -0.15) is 0 Å². The Labute approximate surface area is 503 Å². The molecule has 0 aliphatic heterocycles. The first-order valence-corrected chi connectivity index (χ1v) is 47.4.